The van der Waals surface area contributed by atoms with Crippen LogP contribution in [0.4, 0.5) is 4.39 Å². The molecule has 0 spiro atoms. The molecular weight excluding hydrogens is 323 g/mol. The number of aromatic nitrogens is 1. The first-order chi connectivity index (χ1) is 9.70. The van der Waals surface area contributed by atoms with Gasteiger partial charge in [0.15, 0.2) is 11.7 Å². The third-order valence-electron chi connectivity index (χ3n) is 2.92. The third kappa shape index (κ3) is 4.15. The van der Waals surface area contributed by atoms with Gasteiger partial charge in [-0.1, -0.05) is 22.9 Å². The van der Waals surface area contributed by atoms with Crippen LogP contribution in [0.15, 0.2) is 33.3 Å². The van der Waals surface area contributed by atoms with Gasteiger partial charge in [0, 0.05) is 10.9 Å². The number of hydrogen-bond acceptors (Lipinski definition) is 3. The SMILES string of the molecule is CCCNCCCc1ncc(-c2cc(Br)ccc2F)o1. The lowest BCUT2D eigenvalue weighted by Gasteiger charge is -2.01. The average Bonchev–Trinajstić information content (AvgIpc) is 2.90. The fourth-order valence-electron chi connectivity index (χ4n) is 1.90. The monoisotopic (exact) mass is 340 g/mol. The maximum absolute atomic E-state index is 13.7. The van der Waals surface area contributed by atoms with Crippen molar-refractivity contribution in [2.24, 2.45) is 0 Å². The van der Waals surface area contributed by atoms with E-state index in [-0.39, 0.29) is 5.82 Å². The van der Waals surface area contributed by atoms with E-state index in [2.05, 4.69) is 33.2 Å². The molecule has 1 aromatic heterocycles. The maximum atomic E-state index is 13.7. The number of hydrogen-bond donors (Lipinski definition) is 1. The number of benzene rings is 1. The Kier molecular flexibility index (Phi) is 5.73. The molecule has 0 atom stereocenters. The molecule has 0 unspecified atom stereocenters. The quantitative estimate of drug-likeness (QED) is 0.768. The summed E-state index contributed by atoms with van der Waals surface area (Å²) in [6.45, 7) is 4.11. The molecule has 1 heterocycles. The Bertz CT molecular complexity index is 557. The lowest BCUT2D eigenvalue weighted by molar-refractivity contribution is 0.488. The Labute approximate surface area is 126 Å². The van der Waals surface area contributed by atoms with Gasteiger partial charge in [0.2, 0.25) is 0 Å². The Morgan fingerprint density at radius 3 is 3.00 bits per heavy atom. The fourth-order valence-corrected chi connectivity index (χ4v) is 2.26. The van der Waals surface area contributed by atoms with E-state index >= 15 is 0 Å². The average molecular weight is 341 g/mol. The largest absolute Gasteiger partial charge is 0.441 e. The highest BCUT2D eigenvalue weighted by molar-refractivity contribution is 9.10. The van der Waals surface area contributed by atoms with Gasteiger partial charge in [0.1, 0.15) is 5.82 Å². The topological polar surface area (TPSA) is 38.1 Å². The van der Waals surface area contributed by atoms with Crippen molar-refractivity contribution in [2.75, 3.05) is 13.1 Å². The summed E-state index contributed by atoms with van der Waals surface area (Å²) in [4.78, 5) is 4.20. The Morgan fingerprint density at radius 1 is 1.35 bits per heavy atom. The van der Waals surface area contributed by atoms with Crippen LogP contribution < -0.4 is 5.32 Å². The van der Waals surface area contributed by atoms with E-state index in [9.17, 15) is 4.39 Å². The second-order valence-corrected chi connectivity index (χ2v) is 5.51. The molecule has 0 bridgehead atoms. The first-order valence-corrected chi connectivity index (χ1v) is 7.61. The molecule has 1 N–H and O–H groups in total. The highest BCUT2D eigenvalue weighted by Crippen LogP contribution is 2.27. The summed E-state index contributed by atoms with van der Waals surface area (Å²) in [5.74, 6) is 0.818. The molecule has 0 aliphatic carbocycles. The molecule has 3 nitrogen and oxygen atoms in total. The molecule has 0 radical (unpaired) electrons. The van der Waals surface area contributed by atoms with Gasteiger partial charge >= 0.3 is 0 Å². The van der Waals surface area contributed by atoms with E-state index in [1.807, 2.05) is 0 Å². The molecule has 5 heteroatoms. The molecule has 20 heavy (non-hydrogen) atoms. The molecule has 0 aliphatic rings. The maximum Gasteiger partial charge on any atom is 0.194 e. The van der Waals surface area contributed by atoms with Crippen molar-refractivity contribution >= 4 is 15.9 Å². The van der Waals surface area contributed by atoms with Gasteiger partial charge in [-0.3, -0.25) is 0 Å². The summed E-state index contributed by atoms with van der Waals surface area (Å²) in [6, 6.07) is 4.77. The van der Waals surface area contributed by atoms with Gasteiger partial charge in [0.25, 0.3) is 0 Å². The van der Waals surface area contributed by atoms with Crippen LogP contribution in [0.2, 0.25) is 0 Å². The van der Waals surface area contributed by atoms with E-state index in [0.717, 1.165) is 36.8 Å². The second-order valence-electron chi connectivity index (χ2n) is 4.60. The van der Waals surface area contributed by atoms with Crippen molar-refractivity contribution in [1.29, 1.82) is 0 Å². The number of nitrogens with zero attached hydrogens (tertiary/aromatic N) is 1. The molecule has 0 aliphatic heterocycles. The predicted molar refractivity (Wildman–Crippen MR) is 81.1 cm³/mol. The summed E-state index contributed by atoms with van der Waals surface area (Å²) in [5, 5.41) is 3.32. The van der Waals surface area contributed by atoms with Crippen molar-refractivity contribution in [3.8, 4) is 11.3 Å². The zero-order chi connectivity index (χ0) is 14.4. The Balaban J connectivity index is 1.96. The number of aryl methyl sites for hydroxylation is 1. The van der Waals surface area contributed by atoms with E-state index in [1.54, 1.807) is 18.3 Å². The van der Waals surface area contributed by atoms with Crippen LogP contribution in [0.25, 0.3) is 11.3 Å². The molecule has 108 valence electrons. The smallest absolute Gasteiger partial charge is 0.194 e. The minimum atomic E-state index is -0.305. The van der Waals surface area contributed by atoms with Gasteiger partial charge in [0.05, 0.1) is 11.8 Å². The molecule has 0 fully saturated rings. The van der Waals surface area contributed by atoms with Crippen molar-refractivity contribution in [3.05, 3.63) is 40.6 Å². The van der Waals surface area contributed by atoms with Gasteiger partial charge in [-0.05, 0) is 44.1 Å². The van der Waals surface area contributed by atoms with Crippen molar-refractivity contribution < 1.29 is 8.81 Å². The van der Waals surface area contributed by atoms with Gasteiger partial charge in [-0.15, -0.1) is 0 Å². The highest BCUT2D eigenvalue weighted by atomic mass is 79.9. The van der Waals surface area contributed by atoms with E-state index in [4.69, 9.17) is 4.42 Å². The lowest BCUT2D eigenvalue weighted by Crippen LogP contribution is -2.16. The first-order valence-electron chi connectivity index (χ1n) is 6.81. The fraction of sp³-hybridized carbons (Fsp3) is 0.400. The van der Waals surface area contributed by atoms with Gasteiger partial charge in [-0.25, -0.2) is 9.37 Å². The zero-order valence-corrected chi connectivity index (χ0v) is 13.0. The second kappa shape index (κ2) is 7.55. The molecule has 1 aromatic carbocycles. The van der Waals surface area contributed by atoms with Crippen LogP contribution in [0.1, 0.15) is 25.7 Å². The van der Waals surface area contributed by atoms with Crippen molar-refractivity contribution in [3.63, 3.8) is 0 Å². The first kappa shape index (κ1) is 15.2. The van der Waals surface area contributed by atoms with Gasteiger partial charge < -0.3 is 9.73 Å². The van der Waals surface area contributed by atoms with Crippen molar-refractivity contribution in [1.82, 2.24) is 10.3 Å². The van der Waals surface area contributed by atoms with E-state index < -0.39 is 0 Å². The summed E-state index contributed by atoms with van der Waals surface area (Å²) in [6.07, 6.45) is 4.43. The standard InChI is InChI=1S/C15H18BrFN2O/c1-2-7-18-8-3-4-15-19-10-14(20-15)12-9-11(16)5-6-13(12)17/h5-6,9-10,18H,2-4,7-8H2,1H3. The van der Waals surface area contributed by atoms with E-state index in [0.29, 0.717) is 17.2 Å². The highest BCUT2D eigenvalue weighted by Gasteiger charge is 2.11. The third-order valence-corrected chi connectivity index (χ3v) is 3.41. The van der Waals surface area contributed by atoms with Crippen LogP contribution in [0.3, 0.4) is 0 Å². The molecule has 2 aromatic rings. The summed E-state index contributed by atoms with van der Waals surface area (Å²) in [7, 11) is 0. The summed E-state index contributed by atoms with van der Waals surface area (Å²) in [5.41, 5.74) is 0.433. The number of oxazole rings is 1. The predicted octanol–water partition coefficient (Wildman–Crippen LogP) is 4.18. The van der Waals surface area contributed by atoms with Crippen LogP contribution in [-0.4, -0.2) is 18.1 Å². The van der Waals surface area contributed by atoms with Gasteiger partial charge in [-0.2, -0.15) is 0 Å². The normalized spacial score (nSPS) is 10.9. The van der Waals surface area contributed by atoms with Crippen LogP contribution >= 0.6 is 15.9 Å². The van der Waals surface area contributed by atoms with Crippen molar-refractivity contribution in [2.45, 2.75) is 26.2 Å². The number of nitrogens with one attached hydrogen (secondary N) is 1. The van der Waals surface area contributed by atoms with Crippen LogP contribution in [-0.2, 0) is 6.42 Å². The lowest BCUT2D eigenvalue weighted by atomic mass is 10.2. The molecule has 0 amide bonds. The molecule has 0 saturated heterocycles. The number of rotatable bonds is 7. The van der Waals surface area contributed by atoms with Crippen LogP contribution in [0.5, 0.6) is 0 Å². The number of halogens is 2. The molecule has 0 saturated carbocycles. The molecule has 2 rings (SSSR count). The Morgan fingerprint density at radius 2 is 2.20 bits per heavy atom. The minimum absolute atomic E-state index is 0.305. The van der Waals surface area contributed by atoms with Crippen LogP contribution in [0, 0.1) is 5.82 Å². The Hall–Kier alpha value is -1.20. The van der Waals surface area contributed by atoms with E-state index in [1.165, 1.54) is 6.07 Å². The summed E-state index contributed by atoms with van der Waals surface area (Å²) < 4.78 is 20.2. The summed E-state index contributed by atoms with van der Waals surface area (Å²) >= 11 is 3.33. The minimum Gasteiger partial charge on any atom is -0.441 e. The molecular formula is C15H18BrFN2O. The zero-order valence-electron chi connectivity index (χ0n) is 11.5.